The van der Waals surface area contributed by atoms with Gasteiger partial charge in [-0.25, -0.2) is 0 Å². The molecule has 0 atom stereocenters. The van der Waals surface area contributed by atoms with E-state index in [2.05, 4.69) is 33.0 Å². The molecule has 0 saturated heterocycles. The molecule has 0 aliphatic carbocycles. The first-order chi connectivity index (χ1) is 6.70. The summed E-state index contributed by atoms with van der Waals surface area (Å²) in [7, 11) is 0. The summed E-state index contributed by atoms with van der Waals surface area (Å²) in [5.41, 5.74) is 0. The second-order valence-electron chi connectivity index (χ2n) is 4.83. The van der Waals surface area contributed by atoms with Crippen LogP contribution in [-0.4, -0.2) is 13.1 Å². The quantitative estimate of drug-likeness (QED) is 0.556. The summed E-state index contributed by atoms with van der Waals surface area (Å²) >= 11 is 0. The third-order valence-electron chi connectivity index (χ3n) is 2.68. The molecule has 14 heavy (non-hydrogen) atoms. The molecule has 0 fully saturated rings. The Morgan fingerprint density at radius 2 is 1.50 bits per heavy atom. The van der Waals surface area contributed by atoms with Gasteiger partial charge < -0.3 is 5.32 Å². The Kier molecular flexibility index (Phi) is 9.49. The van der Waals surface area contributed by atoms with Gasteiger partial charge in [-0.2, -0.15) is 0 Å². The van der Waals surface area contributed by atoms with E-state index in [0.29, 0.717) is 0 Å². The molecule has 0 spiro atoms. The van der Waals surface area contributed by atoms with Gasteiger partial charge in [-0.15, -0.1) is 0 Å². The lowest BCUT2D eigenvalue weighted by Gasteiger charge is -2.15. The molecule has 1 heteroatoms. The molecular weight excluding hydrogens is 170 g/mol. The van der Waals surface area contributed by atoms with E-state index in [-0.39, 0.29) is 0 Å². The molecule has 0 aromatic heterocycles. The smallest absolute Gasteiger partial charge is 0.00258 e. The Morgan fingerprint density at radius 3 is 1.93 bits per heavy atom. The highest BCUT2D eigenvalue weighted by molar-refractivity contribution is 4.61. The molecule has 0 aromatic rings. The van der Waals surface area contributed by atoms with E-state index in [1.807, 2.05) is 0 Å². The Labute approximate surface area is 90.7 Å². The predicted molar refractivity (Wildman–Crippen MR) is 65.6 cm³/mol. The highest BCUT2D eigenvalue weighted by atomic mass is 14.8. The molecular formula is C13H29N. The second-order valence-corrected chi connectivity index (χ2v) is 4.83. The van der Waals surface area contributed by atoms with E-state index in [1.54, 1.807) is 0 Å². The van der Waals surface area contributed by atoms with E-state index in [9.17, 15) is 0 Å². The lowest BCUT2D eigenvalue weighted by Crippen LogP contribution is -2.22. The van der Waals surface area contributed by atoms with Crippen LogP contribution in [0.4, 0.5) is 0 Å². The third-order valence-corrected chi connectivity index (χ3v) is 2.68. The fourth-order valence-corrected chi connectivity index (χ4v) is 1.95. The van der Waals surface area contributed by atoms with Gasteiger partial charge in [-0.1, -0.05) is 53.4 Å². The first kappa shape index (κ1) is 14.0. The van der Waals surface area contributed by atoms with Crippen LogP contribution in [0.15, 0.2) is 0 Å². The molecule has 0 aliphatic rings. The summed E-state index contributed by atoms with van der Waals surface area (Å²) in [6.45, 7) is 11.5. The second kappa shape index (κ2) is 9.51. The van der Waals surface area contributed by atoms with Gasteiger partial charge in [0.15, 0.2) is 0 Å². The first-order valence-corrected chi connectivity index (χ1v) is 6.41. The Hall–Kier alpha value is -0.0400. The largest absolute Gasteiger partial charge is 0.316 e. The summed E-state index contributed by atoms with van der Waals surface area (Å²) in [5, 5.41) is 3.53. The molecule has 0 rings (SSSR count). The molecule has 0 amide bonds. The predicted octanol–water partition coefficient (Wildman–Crippen LogP) is 3.84. The highest BCUT2D eigenvalue weighted by Gasteiger charge is 2.05. The molecule has 0 aliphatic heterocycles. The van der Waals surface area contributed by atoms with E-state index < -0.39 is 0 Å². The van der Waals surface area contributed by atoms with E-state index in [4.69, 9.17) is 0 Å². The minimum atomic E-state index is 0.783. The van der Waals surface area contributed by atoms with Gasteiger partial charge in [-0.3, -0.25) is 0 Å². The Bertz CT molecular complexity index is 104. The molecule has 0 radical (unpaired) electrons. The molecule has 86 valence electrons. The molecule has 1 nitrogen and oxygen atoms in total. The van der Waals surface area contributed by atoms with Gasteiger partial charge >= 0.3 is 0 Å². The van der Waals surface area contributed by atoms with Crippen LogP contribution >= 0.6 is 0 Å². The average molecular weight is 199 g/mol. The monoisotopic (exact) mass is 199 g/mol. The van der Waals surface area contributed by atoms with Crippen molar-refractivity contribution in [3.05, 3.63) is 0 Å². The van der Waals surface area contributed by atoms with Crippen molar-refractivity contribution < 1.29 is 0 Å². The topological polar surface area (TPSA) is 12.0 Å². The Balaban J connectivity index is 3.40. The molecule has 1 N–H and O–H groups in total. The van der Waals surface area contributed by atoms with Crippen molar-refractivity contribution in [3.63, 3.8) is 0 Å². The summed E-state index contributed by atoms with van der Waals surface area (Å²) in [6.07, 6.45) is 6.88. The zero-order valence-corrected chi connectivity index (χ0v) is 10.6. The summed E-state index contributed by atoms with van der Waals surface area (Å²) in [5.74, 6) is 1.75. The van der Waals surface area contributed by atoms with E-state index in [1.165, 1.54) is 45.2 Å². The Morgan fingerprint density at radius 1 is 0.929 bits per heavy atom. The molecule has 0 saturated carbocycles. The van der Waals surface area contributed by atoms with Crippen molar-refractivity contribution in [2.45, 2.75) is 59.8 Å². The lowest BCUT2D eigenvalue weighted by atomic mass is 9.95. The fourth-order valence-electron chi connectivity index (χ4n) is 1.95. The van der Waals surface area contributed by atoms with Crippen LogP contribution in [0.3, 0.4) is 0 Å². The van der Waals surface area contributed by atoms with E-state index >= 15 is 0 Å². The molecule has 0 unspecified atom stereocenters. The van der Waals surface area contributed by atoms with Crippen LogP contribution in [-0.2, 0) is 0 Å². The van der Waals surface area contributed by atoms with Gasteiger partial charge in [0.2, 0.25) is 0 Å². The normalized spacial score (nSPS) is 11.6. The van der Waals surface area contributed by atoms with Gasteiger partial charge in [-0.05, 0) is 31.3 Å². The van der Waals surface area contributed by atoms with Crippen molar-refractivity contribution in [2.75, 3.05) is 13.1 Å². The van der Waals surface area contributed by atoms with Crippen LogP contribution in [0.2, 0.25) is 0 Å². The van der Waals surface area contributed by atoms with Crippen molar-refractivity contribution in [2.24, 2.45) is 11.8 Å². The van der Waals surface area contributed by atoms with Crippen LogP contribution in [0.5, 0.6) is 0 Å². The molecule has 0 heterocycles. The van der Waals surface area contributed by atoms with Crippen molar-refractivity contribution in [1.82, 2.24) is 5.32 Å². The standard InChI is InChI=1S/C13H29N/c1-5-7-13(8-6-2)9-10-14-11-12(3)4/h12-14H,5-11H2,1-4H3. The third kappa shape index (κ3) is 8.55. The van der Waals surface area contributed by atoms with Gasteiger partial charge in [0, 0.05) is 0 Å². The first-order valence-electron chi connectivity index (χ1n) is 6.41. The van der Waals surface area contributed by atoms with Crippen LogP contribution in [0, 0.1) is 11.8 Å². The summed E-state index contributed by atoms with van der Waals surface area (Å²) < 4.78 is 0. The van der Waals surface area contributed by atoms with Crippen LogP contribution < -0.4 is 5.32 Å². The van der Waals surface area contributed by atoms with E-state index in [0.717, 1.165) is 11.8 Å². The fraction of sp³-hybridized carbons (Fsp3) is 1.00. The number of hydrogen-bond donors (Lipinski definition) is 1. The highest BCUT2D eigenvalue weighted by Crippen LogP contribution is 2.16. The van der Waals surface area contributed by atoms with Crippen molar-refractivity contribution in [3.8, 4) is 0 Å². The minimum absolute atomic E-state index is 0.783. The maximum atomic E-state index is 3.53. The molecule has 0 aromatic carbocycles. The lowest BCUT2D eigenvalue weighted by molar-refractivity contribution is 0.394. The summed E-state index contributed by atoms with van der Waals surface area (Å²) in [4.78, 5) is 0. The molecule has 0 bridgehead atoms. The van der Waals surface area contributed by atoms with Crippen molar-refractivity contribution >= 4 is 0 Å². The van der Waals surface area contributed by atoms with Gasteiger partial charge in [0.1, 0.15) is 0 Å². The maximum Gasteiger partial charge on any atom is -0.00258 e. The van der Waals surface area contributed by atoms with Gasteiger partial charge in [0.05, 0.1) is 0 Å². The SMILES string of the molecule is CCCC(CCC)CCNCC(C)C. The average Bonchev–Trinajstić information content (AvgIpc) is 2.12. The zero-order valence-electron chi connectivity index (χ0n) is 10.6. The van der Waals surface area contributed by atoms with Gasteiger partial charge in [0.25, 0.3) is 0 Å². The number of nitrogens with one attached hydrogen (secondary N) is 1. The van der Waals surface area contributed by atoms with Crippen LogP contribution in [0.1, 0.15) is 59.8 Å². The van der Waals surface area contributed by atoms with Crippen molar-refractivity contribution in [1.29, 1.82) is 0 Å². The number of rotatable bonds is 9. The maximum absolute atomic E-state index is 3.53. The summed E-state index contributed by atoms with van der Waals surface area (Å²) in [6, 6.07) is 0. The zero-order chi connectivity index (χ0) is 10.8. The number of hydrogen-bond acceptors (Lipinski definition) is 1. The van der Waals surface area contributed by atoms with Crippen LogP contribution in [0.25, 0.3) is 0 Å². The minimum Gasteiger partial charge on any atom is -0.316 e.